The minimum atomic E-state index is -1.02. The van der Waals surface area contributed by atoms with Crippen LogP contribution in [0.4, 0.5) is 0 Å². The van der Waals surface area contributed by atoms with Crippen molar-refractivity contribution in [3.63, 3.8) is 0 Å². The molecule has 0 spiro atoms. The number of carbonyl (C=O) groups excluding carboxylic acids is 1. The summed E-state index contributed by atoms with van der Waals surface area (Å²) in [5, 5.41) is 9.52. The van der Waals surface area contributed by atoms with Gasteiger partial charge >= 0.3 is 5.97 Å². The van der Waals surface area contributed by atoms with E-state index < -0.39 is 5.97 Å². The molecule has 0 heterocycles. The Hall–Kier alpha value is -3.60. The summed E-state index contributed by atoms with van der Waals surface area (Å²) in [6.07, 6.45) is 5.65. The molecule has 2 aliphatic rings. The van der Waals surface area contributed by atoms with E-state index in [1.54, 1.807) is 12.1 Å². The van der Waals surface area contributed by atoms with Crippen LogP contribution in [-0.2, 0) is 13.0 Å². The van der Waals surface area contributed by atoms with Crippen molar-refractivity contribution in [1.82, 2.24) is 0 Å². The Morgan fingerprint density at radius 2 is 1.72 bits per heavy atom. The van der Waals surface area contributed by atoms with Gasteiger partial charge < -0.3 is 14.6 Å². The van der Waals surface area contributed by atoms with Crippen LogP contribution in [0.25, 0.3) is 11.1 Å². The van der Waals surface area contributed by atoms with Crippen LogP contribution in [0.5, 0.6) is 11.5 Å². The maximum absolute atomic E-state index is 13.2. The maximum atomic E-state index is 13.2. The summed E-state index contributed by atoms with van der Waals surface area (Å²) in [6.45, 7) is 4.46. The van der Waals surface area contributed by atoms with E-state index >= 15 is 0 Å². The molecule has 0 saturated heterocycles. The van der Waals surface area contributed by atoms with Crippen molar-refractivity contribution in [3.05, 3.63) is 81.9 Å². The summed E-state index contributed by atoms with van der Waals surface area (Å²) in [7, 11) is 1.47. The fourth-order valence-corrected chi connectivity index (χ4v) is 5.92. The molecule has 5 nitrogen and oxygen atoms in total. The van der Waals surface area contributed by atoms with Gasteiger partial charge in [-0.2, -0.15) is 0 Å². The van der Waals surface area contributed by atoms with Gasteiger partial charge in [0.15, 0.2) is 5.78 Å². The topological polar surface area (TPSA) is 72.8 Å². The Morgan fingerprint density at radius 3 is 2.44 bits per heavy atom. The molecule has 1 atom stereocenters. The molecule has 0 aromatic heterocycles. The van der Waals surface area contributed by atoms with Gasteiger partial charge in [0.2, 0.25) is 0 Å². The summed E-state index contributed by atoms with van der Waals surface area (Å²) in [5.74, 6) is 1.13. The van der Waals surface area contributed by atoms with Crippen molar-refractivity contribution in [1.29, 1.82) is 0 Å². The lowest BCUT2D eigenvalue weighted by atomic mass is 9.87. The van der Waals surface area contributed by atoms with Crippen molar-refractivity contribution in [3.8, 4) is 22.6 Å². The fourth-order valence-electron chi connectivity index (χ4n) is 5.92. The number of rotatable bonds is 7. The molecule has 5 rings (SSSR count). The van der Waals surface area contributed by atoms with Crippen molar-refractivity contribution in [2.75, 3.05) is 7.11 Å². The molecule has 0 aliphatic heterocycles. The lowest BCUT2D eigenvalue weighted by Crippen LogP contribution is -2.18. The molecule has 1 unspecified atom stereocenters. The van der Waals surface area contributed by atoms with Crippen LogP contribution in [0.1, 0.15) is 68.7 Å². The molecular weight excluding hydrogens is 452 g/mol. The van der Waals surface area contributed by atoms with Crippen LogP contribution in [0.3, 0.4) is 0 Å². The predicted molar refractivity (Wildman–Crippen MR) is 139 cm³/mol. The second-order valence-electron chi connectivity index (χ2n) is 10.1. The molecule has 0 radical (unpaired) electrons. The number of benzene rings is 3. The summed E-state index contributed by atoms with van der Waals surface area (Å²) >= 11 is 0. The molecule has 36 heavy (non-hydrogen) atoms. The van der Waals surface area contributed by atoms with Crippen LogP contribution in [0.15, 0.2) is 48.5 Å². The third-order valence-electron chi connectivity index (χ3n) is 8.01. The van der Waals surface area contributed by atoms with Crippen molar-refractivity contribution >= 4 is 11.8 Å². The first-order valence-electron chi connectivity index (χ1n) is 12.7. The van der Waals surface area contributed by atoms with Crippen LogP contribution in [0, 0.1) is 25.7 Å². The highest BCUT2D eigenvalue weighted by Gasteiger charge is 2.39. The zero-order chi connectivity index (χ0) is 25.4. The van der Waals surface area contributed by atoms with Crippen molar-refractivity contribution < 1.29 is 24.2 Å². The number of hydrogen-bond acceptors (Lipinski definition) is 4. The van der Waals surface area contributed by atoms with E-state index in [0.717, 1.165) is 51.1 Å². The zero-order valence-corrected chi connectivity index (χ0v) is 21.1. The summed E-state index contributed by atoms with van der Waals surface area (Å²) in [5.41, 5.74) is 6.94. The number of carboxylic acid groups (broad SMARTS) is 1. The van der Waals surface area contributed by atoms with E-state index in [9.17, 15) is 14.7 Å². The van der Waals surface area contributed by atoms with Gasteiger partial charge in [0.1, 0.15) is 23.7 Å². The maximum Gasteiger partial charge on any atom is 0.339 e. The number of methoxy groups -OCH3 is 1. The minimum absolute atomic E-state index is 0.131. The molecule has 186 valence electrons. The first-order valence-corrected chi connectivity index (χ1v) is 12.7. The van der Waals surface area contributed by atoms with Gasteiger partial charge in [-0.15, -0.1) is 0 Å². The number of hydrogen-bond donors (Lipinski definition) is 1. The Balaban J connectivity index is 1.36. The van der Waals surface area contributed by atoms with Gasteiger partial charge in [0.25, 0.3) is 0 Å². The van der Waals surface area contributed by atoms with Crippen LogP contribution < -0.4 is 9.47 Å². The number of Topliss-reactive ketones (excluding diaryl/α,β-unsaturated/α-hetero) is 1. The van der Waals surface area contributed by atoms with Crippen LogP contribution >= 0.6 is 0 Å². The average Bonchev–Trinajstić information content (AvgIpc) is 3.53. The average molecular weight is 485 g/mol. The molecule has 3 aromatic carbocycles. The number of carbonyl (C=O) groups is 2. The molecule has 5 heteroatoms. The molecule has 1 saturated carbocycles. The molecule has 1 fully saturated rings. The number of ketones is 1. The Labute approximate surface area is 212 Å². The Morgan fingerprint density at radius 1 is 0.972 bits per heavy atom. The highest BCUT2D eigenvalue weighted by molar-refractivity contribution is 6.04. The van der Waals surface area contributed by atoms with Gasteiger partial charge in [-0.1, -0.05) is 37.1 Å². The van der Waals surface area contributed by atoms with Crippen LogP contribution in [-0.4, -0.2) is 24.0 Å². The number of carboxylic acids is 1. The monoisotopic (exact) mass is 484 g/mol. The SMILES string of the molecule is COc1ccc(-c2cccc(COc3cc4c(c(C)c3C)C(=O)C(C3CCCC3)C4)c2)cc1C(=O)O. The summed E-state index contributed by atoms with van der Waals surface area (Å²) in [4.78, 5) is 24.9. The minimum Gasteiger partial charge on any atom is -0.496 e. The van der Waals surface area contributed by atoms with E-state index in [2.05, 4.69) is 6.07 Å². The van der Waals surface area contributed by atoms with Gasteiger partial charge in [0.05, 0.1) is 7.11 Å². The molecule has 0 amide bonds. The van der Waals surface area contributed by atoms with Gasteiger partial charge in [-0.25, -0.2) is 4.79 Å². The molecule has 0 bridgehead atoms. The van der Waals surface area contributed by atoms with E-state index in [0.29, 0.717) is 24.1 Å². The molecule has 1 N–H and O–H groups in total. The standard InChI is InChI=1S/C31H32O5/c1-18-19(2)29-24(15-25(30(29)32)21-8-4-5-9-21)16-28(18)36-17-20-7-6-10-22(13-20)23-11-12-27(35-3)26(14-23)31(33)34/h6-7,10-14,16,21,25H,4-5,8-9,15,17H2,1-3H3,(H,33,34). The lowest BCUT2D eigenvalue weighted by Gasteiger charge is -2.16. The quantitative estimate of drug-likeness (QED) is 0.399. The second-order valence-corrected chi connectivity index (χ2v) is 10.1. The van der Waals surface area contributed by atoms with Crippen molar-refractivity contribution in [2.45, 2.75) is 52.6 Å². The number of aromatic carboxylic acids is 1. The fraction of sp³-hybridized carbons (Fsp3) is 0.355. The second kappa shape index (κ2) is 9.81. The van der Waals surface area contributed by atoms with Crippen LogP contribution in [0.2, 0.25) is 0 Å². The highest BCUT2D eigenvalue weighted by Crippen LogP contribution is 2.43. The normalized spacial score (nSPS) is 17.3. The Bertz CT molecular complexity index is 1330. The number of ether oxygens (including phenoxy) is 2. The van der Waals surface area contributed by atoms with Gasteiger partial charge in [-0.05, 0) is 96.7 Å². The van der Waals surface area contributed by atoms with E-state index in [1.807, 2.05) is 44.2 Å². The van der Waals surface area contributed by atoms with Gasteiger partial charge in [-0.3, -0.25) is 4.79 Å². The van der Waals surface area contributed by atoms with E-state index in [4.69, 9.17) is 9.47 Å². The highest BCUT2D eigenvalue weighted by atomic mass is 16.5. The third-order valence-corrected chi connectivity index (χ3v) is 8.01. The Kier molecular flexibility index (Phi) is 6.57. The summed E-state index contributed by atoms with van der Waals surface area (Å²) < 4.78 is 11.5. The predicted octanol–water partition coefficient (Wildman–Crippen LogP) is 6.80. The number of fused-ring (bicyclic) bond motifs is 1. The third kappa shape index (κ3) is 4.39. The molecule has 3 aromatic rings. The summed E-state index contributed by atoms with van der Waals surface area (Å²) in [6, 6.07) is 15.2. The first-order chi connectivity index (χ1) is 17.4. The van der Waals surface area contributed by atoms with E-state index in [1.165, 1.54) is 32.8 Å². The first kappa shape index (κ1) is 24.1. The molecular formula is C31H32O5. The van der Waals surface area contributed by atoms with Crippen molar-refractivity contribution in [2.24, 2.45) is 11.8 Å². The molecule has 2 aliphatic carbocycles. The zero-order valence-electron chi connectivity index (χ0n) is 21.1. The smallest absolute Gasteiger partial charge is 0.339 e. The van der Waals surface area contributed by atoms with Gasteiger partial charge in [0, 0.05) is 11.5 Å². The largest absolute Gasteiger partial charge is 0.496 e. The lowest BCUT2D eigenvalue weighted by molar-refractivity contribution is 0.0693. The van der Waals surface area contributed by atoms with E-state index in [-0.39, 0.29) is 11.5 Å².